The van der Waals surface area contributed by atoms with Crippen LogP contribution in [0.5, 0.6) is 0 Å². The average molecular weight is 1230 g/mol. The maximum Gasteiger partial charge on any atom is 0.160 e. The Balaban J connectivity index is 0.790. The summed E-state index contributed by atoms with van der Waals surface area (Å²) in [5, 5.41) is 3.85. The molecule has 0 unspecified atom stereocenters. The molecule has 0 aliphatic rings. The Hall–Kier alpha value is -12.4. The van der Waals surface area contributed by atoms with E-state index in [2.05, 4.69) is 214 Å². The zero-order valence-corrected chi connectivity index (χ0v) is 50.5. The predicted octanol–water partition coefficient (Wildman–Crippen LogP) is 24.0. The van der Waals surface area contributed by atoms with Gasteiger partial charge in [-0.2, -0.15) is 0 Å². The van der Waals surface area contributed by atoms with Crippen LogP contribution < -0.4 is 19.6 Å². The van der Waals surface area contributed by atoms with Crippen molar-refractivity contribution in [2.45, 2.75) is 0 Å². The largest absolute Gasteiger partial charge is 0.311 e. The smallest absolute Gasteiger partial charge is 0.160 e. The fourth-order valence-electron chi connectivity index (χ4n) is 13.2. The Morgan fingerprint density at radius 3 is 0.734 bits per heavy atom. The van der Waals surface area contributed by atoms with Gasteiger partial charge in [0.2, 0.25) is 0 Å². The van der Waals surface area contributed by atoms with Crippen molar-refractivity contribution in [1.29, 1.82) is 0 Å². The van der Waals surface area contributed by atoms with Crippen molar-refractivity contribution in [1.82, 2.24) is 9.13 Å². The Bertz CT molecular complexity index is 4990. The maximum absolute atomic E-state index is 14.9. The van der Waals surface area contributed by atoms with Crippen LogP contribution in [0.1, 0.15) is 0 Å². The van der Waals surface area contributed by atoms with Crippen molar-refractivity contribution < 1.29 is 17.6 Å². The lowest BCUT2D eigenvalue weighted by molar-refractivity contribution is 0.508. The van der Waals surface area contributed by atoms with Crippen LogP contribution >= 0.6 is 0 Å². The number of benzene rings is 14. The number of hydrogen-bond donors (Lipinski definition) is 0. The molecule has 0 amide bonds. The molecule has 0 saturated heterocycles. The number of aromatic nitrogens is 2. The minimum atomic E-state index is -0.910. The highest BCUT2D eigenvalue weighted by Crippen LogP contribution is 2.46. The molecule has 0 atom stereocenters. The van der Waals surface area contributed by atoms with Gasteiger partial charge in [-0.1, -0.05) is 133 Å². The fraction of sp³-hybridized carbons (Fsp3) is 0. The van der Waals surface area contributed by atoms with Gasteiger partial charge in [0.15, 0.2) is 23.3 Å². The van der Waals surface area contributed by atoms with Crippen molar-refractivity contribution in [2.75, 3.05) is 19.6 Å². The van der Waals surface area contributed by atoms with Crippen LogP contribution in [0.3, 0.4) is 0 Å². The Labute approximate surface area is 540 Å². The molecule has 94 heavy (non-hydrogen) atoms. The highest BCUT2D eigenvalue weighted by Gasteiger charge is 2.23. The number of para-hydroxylation sites is 6. The number of hydrogen-bond acceptors (Lipinski definition) is 4. The van der Waals surface area contributed by atoms with Gasteiger partial charge in [-0.3, -0.25) is 0 Å². The molecule has 16 rings (SSSR count). The third-order valence-corrected chi connectivity index (χ3v) is 17.5. The lowest BCUT2D eigenvalue weighted by Crippen LogP contribution is -2.12. The molecule has 0 aliphatic heterocycles. The monoisotopic (exact) mass is 1220 g/mol. The van der Waals surface area contributed by atoms with E-state index >= 15 is 0 Å². The number of anilines is 12. The summed E-state index contributed by atoms with van der Waals surface area (Å²) in [6.45, 7) is 0. The first-order valence-electron chi connectivity index (χ1n) is 31.1. The van der Waals surface area contributed by atoms with Gasteiger partial charge in [-0.15, -0.1) is 0 Å². The van der Waals surface area contributed by atoms with Crippen LogP contribution in [0.15, 0.2) is 340 Å². The SMILES string of the molecule is Fc1ccc(-n2c3ccccc3c3cc(N(c4ccc(-c5ccc(N(c6ccc(N(c7ccccc7)c7ccccc7)cc6)c6ccc7c(c6)c6ccccc6n7-c6ccc(F)c(F)c6)cc5)cc4)c4ccc(N(c5ccccc5)c5ccccc5)cc4)ccc32)cc1F. The Morgan fingerprint density at radius 1 is 0.181 bits per heavy atom. The topological polar surface area (TPSA) is 22.8 Å². The lowest BCUT2D eigenvalue weighted by Gasteiger charge is -2.29. The number of halogens is 4. The molecule has 16 aromatic rings. The van der Waals surface area contributed by atoms with Crippen LogP contribution in [0.4, 0.5) is 85.8 Å². The average Bonchev–Trinajstić information content (AvgIpc) is 1.58. The van der Waals surface area contributed by atoms with Crippen LogP contribution in [0, 0.1) is 23.3 Å². The molecule has 0 spiro atoms. The fourth-order valence-corrected chi connectivity index (χ4v) is 13.2. The Morgan fingerprint density at radius 2 is 0.426 bits per heavy atom. The summed E-state index contributed by atoms with van der Waals surface area (Å²) in [6, 6.07) is 113. The highest BCUT2D eigenvalue weighted by molar-refractivity contribution is 6.12. The summed E-state index contributed by atoms with van der Waals surface area (Å²) in [4.78, 5) is 9.00. The third kappa shape index (κ3) is 10.4. The molecular weight excluding hydrogens is 1170 g/mol. The zero-order chi connectivity index (χ0) is 63.2. The second-order valence-electron chi connectivity index (χ2n) is 23.1. The van der Waals surface area contributed by atoms with Gasteiger partial charge in [0.25, 0.3) is 0 Å². The molecule has 450 valence electrons. The molecule has 0 radical (unpaired) electrons. The van der Waals surface area contributed by atoms with E-state index in [0.717, 1.165) is 123 Å². The molecule has 0 fully saturated rings. The summed E-state index contributed by atoms with van der Waals surface area (Å²) in [5.74, 6) is -3.62. The predicted molar refractivity (Wildman–Crippen MR) is 379 cm³/mol. The minimum absolute atomic E-state index is 0.525. The molecule has 2 heterocycles. The molecule has 0 saturated carbocycles. The van der Waals surface area contributed by atoms with Gasteiger partial charge in [0.1, 0.15) is 0 Å². The van der Waals surface area contributed by atoms with E-state index in [9.17, 15) is 17.6 Å². The van der Waals surface area contributed by atoms with Gasteiger partial charge in [-0.05, 0) is 205 Å². The molecule has 0 N–H and O–H groups in total. The summed E-state index contributed by atoms with van der Waals surface area (Å²) in [6.07, 6.45) is 0. The van der Waals surface area contributed by atoms with E-state index in [1.165, 1.54) is 24.3 Å². The zero-order valence-electron chi connectivity index (χ0n) is 50.5. The lowest BCUT2D eigenvalue weighted by atomic mass is 10.0. The standard InChI is InChI=1S/C84H56F4N6/c85-77-49-45-71(55-79(77)87)93-81-27-15-13-25-73(81)75-53-69(47-51-83(75)93)91(67-41-37-65(38-42-67)89(59-17-5-1-6-18-59)60-19-7-2-8-20-60)63-33-29-57(30-34-63)58-31-35-64(36-32-58)92(68-43-39-66(40-44-68)90(61-21-9-3-10-22-61)62-23-11-4-12-24-62)70-48-52-84-76(54-70)74-26-14-16-28-82(74)94(84)72-46-50-78(86)80(88)56-72/h1-56H. The van der Waals surface area contributed by atoms with Crippen LogP contribution in [0.2, 0.25) is 0 Å². The molecule has 0 bridgehead atoms. The first kappa shape index (κ1) is 56.8. The van der Waals surface area contributed by atoms with E-state index in [-0.39, 0.29) is 0 Å². The molecular formula is C84H56F4N6. The second-order valence-corrected chi connectivity index (χ2v) is 23.1. The van der Waals surface area contributed by atoms with Crippen LogP contribution in [-0.4, -0.2) is 9.13 Å². The van der Waals surface area contributed by atoms with E-state index in [0.29, 0.717) is 11.4 Å². The van der Waals surface area contributed by atoms with Crippen LogP contribution in [0.25, 0.3) is 66.1 Å². The normalized spacial score (nSPS) is 11.4. The second kappa shape index (κ2) is 24.1. The van der Waals surface area contributed by atoms with E-state index in [1.54, 1.807) is 12.1 Å². The van der Waals surface area contributed by atoms with Crippen molar-refractivity contribution >= 4 is 112 Å². The van der Waals surface area contributed by atoms with Crippen molar-refractivity contribution in [3.8, 4) is 22.5 Å². The van der Waals surface area contributed by atoms with Crippen molar-refractivity contribution in [3.05, 3.63) is 363 Å². The number of rotatable bonds is 15. The number of fused-ring (bicyclic) bond motifs is 6. The molecule has 2 aromatic heterocycles. The van der Waals surface area contributed by atoms with Gasteiger partial charge >= 0.3 is 0 Å². The van der Waals surface area contributed by atoms with Crippen LogP contribution in [-0.2, 0) is 0 Å². The quantitative estimate of drug-likeness (QED) is 0.0954. The van der Waals surface area contributed by atoms with E-state index in [4.69, 9.17) is 0 Å². The van der Waals surface area contributed by atoms with Crippen molar-refractivity contribution in [3.63, 3.8) is 0 Å². The summed E-state index contributed by atoms with van der Waals surface area (Å²) >= 11 is 0. The summed E-state index contributed by atoms with van der Waals surface area (Å²) in [5.41, 5.74) is 18.2. The van der Waals surface area contributed by atoms with E-state index in [1.807, 2.05) is 118 Å². The Kier molecular flexibility index (Phi) is 14.6. The molecule has 14 aromatic carbocycles. The van der Waals surface area contributed by atoms with Crippen molar-refractivity contribution in [2.24, 2.45) is 0 Å². The maximum atomic E-state index is 14.9. The minimum Gasteiger partial charge on any atom is -0.311 e. The van der Waals surface area contributed by atoms with Gasteiger partial charge < -0.3 is 28.7 Å². The third-order valence-electron chi connectivity index (χ3n) is 17.5. The van der Waals surface area contributed by atoms with E-state index < -0.39 is 23.3 Å². The summed E-state index contributed by atoms with van der Waals surface area (Å²) < 4.78 is 62.6. The van der Waals surface area contributed by atoms with Gasteiger partial charge in [-0.25, -0.2) is 17.6 Å². The number of nitrogens with zero attached hydrogens (tertiary/aromatic N) is 6. The van der Waals surface area contributed by atoms with Gasteiger partial charge in [0, 0.05) is 113 Å². The molecule has 0 aliphatic carbocycles. The van der Waals surface area contributed by atoms with Gasteiger partial charge in [0.05, 0.1) is 22.1 Å². The summed E-state index contributed by atoms with van der Waals surface area (Å²) in [7, 11) is 0. The highest BCUT2D eigenvalue weighted by atomic mass is 19.2. The first-order valence-corrected chi connectivity index (χ1v) is 31.1. The first-order chi connectivity index (χ1) is 46.3. The molecule has 10 heteroatoms. The molecule has 6 nitrogen and oxygen atoms in total.